The maximum atomic E-state index is 13.5. The minimum atomic E-state index is -0.855. The summed E-state index contributed by atoms with van der Waals surface area (Å²) in [6, 6.07) is 15.0. The van der Waals surface area contributed by atoms with E-state index in [2.05, 4.69) is 50.6 Å². The van der Waals surface area contributed by atoms with Crippen molar-refractivity contribution < 1.29 is 9.90 Å². The fourth-order valence-electron chi connectivity index (χ4n) is 7.37. The van der Waals surface area contributed by atoms with Crippen LogP contribution in [0.3, 0.4) is 0 Å². The van der Waals surface area contributed by atoms with Crippen LogP contribution in [0.5, 0.6) is 0 Å². The third-order valence-corrected chi connectivity index (χ3v) is 9.28. The number of nitrogens with zero attached hydrogens (tertiary/aromatic N) is 4. The Morgan fingerprint density at radius 3 is 2.97 bits per heavy atom. The molecule has 39 heavy (non-hydrogen) atoms. The molecule has 6 atom stereocenters. The van der Waals surface area contributed by atoms with Gasteiger partial charge < -0.3 is 15.0 Å². The van der Waals surface area contributed by atoms with Crippen LogP contribution in [0.4, 0.5) is 0 Å². The van der Waals surface area contributed by atoms with Crippen molar-refractivity contribution >= 4 is 27.8 Å². The minimum Gasteiger partial charge on any atom is -0.388 e. The molecule has 1 amide bonds. The number of rotatable bonds is 5. The van der Waals surface area contributed by atoms with Crippen molar-refractivity contribution in [3.05, 3.63) is 60.6 Å². The van der Waals surface area contributed by atoms with Gasteiger partial charge in [-0.05, 0) is 80.7 Å². The topological polar surface area (TPSA) is 109 Å². The van der Waals surface area contributed by atoms with E-state index >= 15 is 0 Å². The van der Waals surface area contributed by atoms with Crippen LogP contribution in [-0.4, -0.2) is 48.0 Å². The molecular formula is C30H37N7O2. The number of carbonyl (C=O) groups is 1. The van der Waals surface area contributed by atoms with Gasteiger partial charge in [0.15, 0.2) is 0 Å². The standard InChI is InChI=1S/C30H37N7O2/c1-36-16-21-13-19(8-10-24(21)35-36)28-23-14-20(9-11-25(23)33-34-28)29(38)32-22-5-4-12-30(39,15-22)17-37-18-31-26-6-2-3-7-27(26)37/h2-3,6-8,10,13,16,18,20,22-23,25,28,33-34,39H,4-5,9,11-12,14-15,17H2,1H3,(H,32,38)/t20?,22-,23?,25?,28?,30-/m1/s1. The van der Waals surface area contributed by atoms with Gasteiger partial charge in [-0.1, -0.05) is 18.2 Å². The Morgan fingerprint density at radius 2 is 2.05 bits per heavy atom. The summed E-state index contributed by atoms with van der Waals surface area (Å²) in [7, 11) is 1.95. The molecule has 3 aliphatic rings. The summed E-state index contributed by atoms with van der Waals surface area (Å²) in [5.74, 6) is 0.482. The first kappa shape index (κ1) is 24.7. The van der Waals surface area contributed by atoms with E-state index in [0.717, 1.165) is 60.5 Å². The summed E-state index contributed by atoms with van der Waals surface area (Å²) in [6.07, 6.45) is 9.69. The Morgan fingerprint density at radius 1 is 1.15 bits per heavy atom. The number of aromatic nitrogens is 4. The van der Waals surface area contributed by atoms with Crippen molar-refractivity contribution in [1.82, 2.24) is 35.5 Å². The molecule has 3 heterocycles. The first-order valence-electron chi connectivity index (χ1n) is 14.3. The number of aliphatic hydroxyl groups is 1. The van der Waals surface area contributed by atoms with Crippen molar-refractivity contribution in [2.45, 2.75) is 75.2 Å². The number of benzene rings is 2. The zero-order chi connectivity index (χ0) is 26.6. The normalized spacial score (nSPS) is 31.0. The Hall–Kier alpha value is -3.27. The molecule has 0 radical (unpaired) electrons. The van der Waals surface area contributed by atoms with E-state index in [1.807, 2.05) is 46.9 Å². The van der Waals surface area contributed by atoms with E-state index in [-0.39, 0.29) is 23.9 Å². The summed E-state index contributed by atoms with van der Waals surface area (Å²) in [4.78, 5) is 18.0. The van der Waals surface area contributed by atoms with Crippen LogP contribution in [0.15, 0.2) is 55.0 Å². The lowest BCUT2D eigenvalue weighted by Crippen LogP contribution is -2.49. The van der Waals surface area contributed by atoms with Gasteiger partial charge in [0, 0.05) is 36.6 Å². The van der Waals surface area contributed by atoms with E-state index < -0.39 is 5.60 Å². The number of fused-ring (bicyclic) bond motifs is 3. The molecule has 2 saturated carbocycles. The quantitative estimate of drug-likeness (QED) is 0.317. The maximum absolute atomic E-state index is 13.5. The fourth-order valence-corrected chi connectivity index (χ4v) is 7.37. The average molecular weight is 528 g/mol. The van der Waals surface area contributed by atoms with Gasteiger partial charge in [0.25, 0.3) is 0 Å². The molecule has 4 unspecified atom stereocenters. The number of aryl methyl sites for hydroxylation is 1. The molecule has 1 saturated heterocycles. The van der Waals surface area contributed by atoms with Gasteiger partial charge in [0.2, 0.25) is 5.91 Å². The van der Waals surface area contributed by atoms with E-state index in [1.54, 1.807) is 0 Å². The Labute approximate surface area is 227 Å². The molecule has 0 bridgehead atoms. The second-order valence-corrected chi connectivity index (χ2v) is 12.1. The molecule has 204 valence electrons. The number of nitrogens with one attached hydrogen (secondary N) is 3. The van der Waals surface area contributed by atoms with E-state index in [9.17, 15) is 9.90 Å². The summed E-state index contributed by atoms with van der Waals surface area (Å²) in [5, 5.41) is 20.5. The molecular weight excluding hydrogens is 490 g/mol. The molecule has 2 aromatic heterocycles. The summed E-state index contributed by atoms with van der Waals surface area (Å²) in [6.45, 7) is 0.493. The zero-order valence-electron chi connectivity index (χ0n) is 22.4. The summed E-state index contributed by atoms with van der Waals surface area (Å²) < 4.78 is 3.90. The van der Waals surface area contributed by atoms with Gasteiger partial charge in [-0.25, -0.2) is 10.4 Å². The number of hydrogen-bond acceptors (Lipinski definition) is 6. The van der Waals surface area contributed by atoms with Gasteiger partial charge in [-0.2, -0.15) is 5.10 Å². The maximum Gasteiger partial charge on any atom is 0.223 e. The van der Waals surface area contributed by atoms with Crippen LogP contribution in [0.1, 0.15) is 56.6 Å². The largest absolute Gasteiger partial charge is 0.388 e. The molecule has 7 rings (SSSR count). The fraction of sp³-hybridized carbons (Fsp3) is 0.500. The predicted octanol–water partition coefficient (Wildman–Crippen LogP) is 3.35. The third-order valence-electron chi connectivity index (χ3n) is 9.28. The number of hydrazine groups is 1. The Bertz CT molecular complexity index is 1510. The van der Waals surface area contributed by atoms with Gasteiger partial charge in [0.1, 0.15) is 0 Å². The number of carbonyl (C=O) groups excluding carboxylic acids is 1. The second kappa shape index (κ2) is 9.73. The molecule has 4 aromatic rings. The first-order chi connectivity index (χ1) is 18.9. The summed E-state index contributed by atoms with van der Waals surface area (Å²) >= 11 is 0. The smallest absolute Gasteiger partial charge is 0.223 e. The van der Waals surface area contributed by atoms with Crippen molar-refractivity contribution in [1.29, 1.82) is 0 Å². The highest BCUT2D eigenvalue weighted by atomic mass is 16.3. The van der Waals surface area contributed by atoms with Gasteiger partial charge in [0.05, 0.1) is 41.1 Å². The van der Waals surface area contributed by atoms with Gasteiger partial charge in [-0.3, -0.25) is 14.9 Å². The Kier molecular flexibility index (Phi) is 6.17. The SMILES string of the molecule is Cn1cc2cc(C3NNC4CCC(C(=O)N[C@@H]5CCC[C@](O)(Cn6cnc7ccccc76)C5)CC43)ccc2n1. The molecule has 0 spiro atoms. The molecule has 2 aliphatic carbocycles. The van der Waals surface area contributed by atoms with Crippen molar-refractivity contribution in [2.24, 2.45) is 18.9 Å². The number of imidazole rings is 1. The van der Waals surface area contributed by atoms with Crippen LogP contribution in [0, 0.1) is 11.8 Å². The lowest BCUT2D eigenvalue weighted by atomic mass is 9.74. The van der Waals surface area contributed by atoms with E-state index in [0.29, 0.717) is 24.9 Å². The van der Waals surface area contributed by atoms with Crippen LogP contribution in [0.25, 0.3) is 21.9 Å². The van der Waals surface area contributed by atoms with Crippen LogP contribution < -0.4 is 16.2 Å². The molecule has 9 nitrogen and oxygen atoms in total. The lowest BCUT2D eigenvalue weighted by Gasteiger charge is -2.39. The van der Waals surface area contributed by atoms with Crippen LogP contribution >= 0.6 is 0 Å². The van der Waals surface area contributed by atoms with Gasteiger partial charge >= 0.3 is 0 Å². The van der Waals surface area contributed by atoms with Crippen LogP contribution in [0.2, 0.25) is 0 Å². The predicted molar refractivity (Wildman–Crippen MR) is 149 cm³/mol. The molecule has 4 N–H and O–H groups in total. The van der Waals surface area contributed by atoms with Crippen molar-refractivity contribution in [2.75, 3.05) is 0 Å². The molecule has 9 heteroatoms. The summed E-state index contributed by atoms with van der Waals surface area (Å²) in [5.41, 5.74) is 10.4. The molecule has 2 aromatic carbocycles. The monoisotopic (exact) mass is 527 g/mol. The van der Waals surface area contributed by atoms with E-state index in [4.69, 9.17) is 0 Å². The van der Waals surface area contributed by atoms with Crippen molar-refractivity contribution in [3.8, 4) is 0 Å². The Balaban J connectivity index is 1.01. The number of para-hydroxylation sites is 2. The highest BCUT2D eigenvalue weighted by Crippen LogP contribution is 2.41. The third kappa shape index (κ3) is 4.73. The molecule has 3 fully saturated rings. The molecule has 1 aliphatic heterocycles. The van der Waals surface area contributed by atoms with E-state index in [1.165, 1.54) is 5.56 Å². The van der Waals surface area contributed by atoms with Crippen molar-refractivity contribution in [3.63, 3.8) is 0 Å². The number of hydrogen-bond donors (Lipinski definition) is 4. The van der Waals surface area contributed by atoms with Crippen LogP contribution in [-0.2, 0) is 18.4 Å². The first-order valence-corrected chi connectivity index (χ1v) is 14.3. The minimum absolute atomic E-state index is 0.00706. The van der Waals surface area contributed by atoms with Gasteiger partial charge in [-0.15, -0.1) is 0 Å². The lowest BCUT2D eigenvalue weighted by molar-refractivity contribution is -0.128. The zero-order valence-corrected chi connectivity index (χ0v) is 22.4. The highest BCUT2D eigenvalue weighted by molar-refractivity contribution is 5.80. The number of amides is 1. The highest BCUT2D eigenvalue weighted by Gasteiger charge is 2.43. The second-order valence-electron chi connectivity index (χ2n) is 12.1. The average Bonchev–Trinajstić information content (AvgIpc) is 3.63.